The Kier molecular flexibility index (Phi) is 3.85. The summed E-state index contributed by atoms with van der Waals surface area (Å²) < 4.78 is 0. The Bertz CT molecular complexity index is 534. The maximum absolute atomic E-state index is 12.2. The van der Waals surface area contributed by atoms with Crippen LogP contribution in [-0.2, 0) is 0 Å². The third-order valence-electron chi connectivity index (χ3n) is 2.59. The molecule has 0 radical (unpaired) electrons. The summed E-state index contributed by atoms with van der Waals surface area (Å²) in [5.74, 6) is -0.336. The fourth-order valence-electron chi connectivity index (χ4n) is 1.73. The Morgan fingerprint density at radius 3 is 2.72 bits per heavy atom. The topological polar surface area (TPSA) is 102 Å². The number of pyridine rings is 1. The van der Waals surface area contributed by atoms with Crippen LogP contribution in [0, 0.1) is 0 Å². The van der Waals surface area contributed by atoms with Gasteiger partial charge in [0.2, 0.25) is 0 Å². The molecule has 0 atom stereocenters. The molecule has 0 fully saturated rings. The Hall–Kier alpha value is -1.99. The van der Waals surface area contributed by atoms with Gasteiger partial charge in [-0.25, -0.2) is 0 Å². The second-order valence-electron chi connectivity index (χ2n) is 3.73. The largest absolute Gasteiger partial charge is 0.395 e. The third kappa shape index (κ3) is 2.31. The van der Waals surface area contributed by atoms with Crippen molar-refractivity contribution in [2.24, 2.45) is 0 Å². The van der Waals surface area contributed by atoms with Gasteiger partial charge in [0.15, 0.2) is 5.69 Å². The molecule has 0 aliphatic carbocycles. The molecule has 7 heteroatoms. The lowest BCUT2D eigenvalue weighted by molar-refractivity contribution is 0.0681. The van der Waals surface area contributed by atoms with Crippen LogP contribution in [-0.4, -0.2) is 62.5 Å². The zero-order valence-electron chi connectivity index (χ0n) is 9.70. The first-order valence-electron chi connectivity index (χ1n) is 5.57. The first-order valence-corrected chi connectivity index (χ1v) is 5.57. The highest BCUT2D eigenvalue weighted by molar-refractivity contribution is 6.04. The Morgan fingerprint density at radius 1 is 1.33 bits per heavy atom. The maximum Gasteiger partial charge on any atom is 0.275 e. The van der Waals surface area contributed by atoms with Crippen molar-refractivity contribution in [2.75, 3.05) is 26.3 Å². The number of aromatic nitrogens is 3. The number of fused-ring (bicyclic) bond motifs is 1. The molecular weight excluding hydrogens is 236 g/mol. The molecular formula is C11H14N4O3. The van der Waals surface area contributed by atoms with Gasteiger partial charge in [-0.05, 0) is 6.07 Å². The van der Waals surface area contributed by atoms with Gasteiger partial charge >= 0.3 is 0 Å². The number of nitrogens with zero attached hydrogens (tertiary/aromatic N) is 3. The number of rotatable bonds is 5. The van der Waals surface area contributed by atoms with Crippen LogP contribution in [0.3, 0.4) is 0 Å². The van der Waals surface area contributed by atoms with Crippen LogP contribution in [0.15, 0.2) is 18.5 Å². The first kappa shape index (κ1) is 12.5. The summed E-state index contributed by atoms with van der Waals surface area (Å²) in [5.41, 5.74) is 0.973. The van der Waals surface area contributed by atoms with E-state index in [1.165, 1.54) is 4.90 Å². The van der Waals surface area contributed by atoms with Gasteiger partial charge in [0.25, 0.3) is 5.91 Å². The van der Waals surface area contributed by atoms with E-state index in [2.05, 4.69) is 15.2 Å². The van der Waals surface area contributed by atoms with Crippen molar-refractivity contribution < 1.29 is 15.0 Å². The van der Waals surface area contributed by atoms with Gasteiger partial charge in [0, 0.05) is 25.5 Å². The number of nitrogens with one attached hydrogen (secondary N) is 1. The van der Waals surface area contributed by atoms with E-state index in [1.807, 2.05) is 0 Å². The fraction of sp³-hybridized carbons (Fsp3) is 0.364. The monoisotopic (exact) mass is 250 g/mol. The quantitative estimate of drug-likeness (QED) is 0.656. The number of amides is 1. The molecule has 3 N–H and O–H groups in total. The molecule has 0 unspecified atom stereocenters. The normalized spacial score (nSPS) is 10.8. The maximum atomic E-state index is 12.2. The smallest absolute Gasteiger partial charge is 0.275 e. The van der Waals surface area contributed by atoms with Gasteiger partial charge in [0.05, 0.1) is 24.1 Å². The van der Waals surface area contributed by atoms with Gasteiger partial charge in [0.1, 0.15) is 0 Å². The molecule has 0 saturated carbocycles. The standard InChI is InChI=1S/C11H14N4O3/c16-5-3-15(4-6-17)11(18)10-8-7-12-2-1-9(8)13-14-10/h1-2,7,16-17H,3-6H2,(H,13,14). The molecule has 0 saturated heterocycles. The number of H-pyrrole nitrogens is 1. The molecule has 0 spiro atoms. The van der Waals surface area contributed by atoms with Crippen molar-refractivity contribution in [1.29, 1.82) is 0 Å². The van der Waals surface area contributed by atoms with Crippen LogP contribution in [0.4, 0.5) is 0 Å². The van der Waals surface area contributed by atoms with Crippen molar-refractivity contribution in [3.8, 4) is 0 Å². The average molecular weight is 250 g/mol. The lowest BCUT2D eigenvalue weighted by Crippen LogP contribution is -2.36. The number of aromatic amines is 1. The minimum absolute atomic E-state index is 0.160. The van der Waals surface area contributed by atoms with Crippen molar-refractivity contribution in [3.05, 3.63) is 24.2 Å². The van der Waals surface area contributed by atoms with Gasteiger partial charge in [-0.15, -0.1) is 0 Å². The fourth-order valence-corrected chi connectivity index (χ4v) is 1.73. The lowest BCUT2D eigenvalue weighted by Gasteiger charge is -2.19. The second-order valence-corrected chi connectivity index (χ2v) is 3.73. The van der Waals surface area contributed by atoms with Crippen LogP contribution in [0.2, 0.25) is 0 Å². The number of aliphatic hydroxyl groups excluding tert-OH is 2. The summed E-state index contributed by atoms with van der Waals surface area (Å²) >= 11 is 0. The molecule has 96 valence electrons. The van der Waals surface area contributed by atoms with E-state index >= 15 is 0 Å². The van der Waals surface area contributed by atoms with E-state index in [-0.39, 0.29) is 37.9 Å². The molecule has 0 aliphatic rings. The summed E-state index contributed by atoms with van der Waals surface area (Å²) in [7, 11) is 0. The van der Waals surface area contributed by atoms with Crippen LogP contribution in [0.5, 0.6) is 0 Å². The minimum Gasteiger partial charge on any atom is -0.395 e. The average Bonchev–Trinajstić information content (AvgIpc) is 2.81. The predicted octanol–water partition coefficient (Wildman–Crippen LogP) is -0.615. The summed E-state index contributed by atoms with van der Waals surface area (Å²) in [6.45, 7) is 0.000703. The van der Waals surface area contributed by atoms with E-state index in [0.717, 1.165) is 5.52 Å². The molecule has 2 aromatic rings. The molecule has 0 bridgehead atoms. The van der Waals surface area contributed by atoms with Crippen molar-refractivity contribution >= 4 is 16.8 Å². The first-order chi connectivity index (χ1) is 8.77. The van der Waals surface area contributed by atoms with Gasteiger partial charge in [-0.1, -0.05) is 0 Å². The molecule has 0 aromatic carbocycles. The van der Waals surface area contributed by atoms with E-state index in [0.29, 0.717) is 5.39 Å². The number of aliphatic hydroxyl groups is 2. The third-order valence-corrected chi connectivity index (χ3v) is 2.59. The molecule has 0 aliphatic heterocycles. The molecule has 1 amide bonds. The van der Waals surface area contributed by atoms with Crippen molar-refractivity contribution in [1.82, 2.24) is 20.1 Å². The van der Waals surface area contributed by atoms with Gasteiger partial charge in [-0.3, -0.25) is 14.9 Å². The zero-order valence-corrected chi connectivity index (χ0v) is 9.70. The highest BCUT2D eigenvalue weighted by atomic mass is 16.3. The van der Waals surface area contributed by atoms with Crippen LogP contribution < -0.4 is 0 Å². The molecule has 18 heavy (non-hydrogen) atoms. The second kappa shape index (κ2) is 5.56. The van der Waals surface area contributed by atoms with Crippen LogP contribution in [0.25, 0.3) is 10.9 Å². The summed E-state index contributed by atoms with van der Waals surface area (Å²) in [6.07, 6.45) is 3.16. The number of hydrogen-bond acceptors (Lipinski definition) is 5. The van der Waals surface area contributed by atoms with Crippen LogP contribution in [0.1, 0.15) is 10.5 Å². The lowest BCUT2D eigenvalue weighted by atomic mass is 10.2. The molecule has 2 rings (SSSR count). The Morgan fingerprint density at radius 2 is 2.06 bits per heavy atom. The van der Waals surface area contributed by atoms with Crippen LogP contribution >= 0.6 is 0 Å². The highest BCUT2D eigenvalue weighted by Gasteiger charge is 2.20. The van der Waals surface area contributed by atoms with Crippen molar-refractivity contribution in [2.45, 2.75) is 0 Å². The van der Waals surface area contributed by atoms with E-state index in [9.17, 15) is 4.79 Å². The summed E-state index contributed by atoms with van der Waals surface area (Å²) in [5, 5.41) is 25.1. The summed E-state index contributed by atoms with van der Waals surface area (Å²) in [6, 6.07) is 1.72. The predicted molar refractivity (Wildman–Crippen MR) is 64.0 cm³/mol. The number of hydrogen-bond donors (Lipinski definition) is 3. The zero-order chi connectivity index (χ0) is 13.0. The van der Waals surface area contributed by atoms with Gasteiger partial charge in [-0.2, -0.15) is 5.10 Å². The molecule has 7 nitrogen and oxygen atoms in total. The molecule has 2 heterocycles. The number of carbonyl (C=O) groups excluding carboxylic acids is 1. The Balaban J connectivity index is 2.31. The van der Waals surface area contributed by atoms with E-state index in [4.69, 9.17) is 10.2 Å². The summed E-state index contributed by atoms with van der Waals surface area (Å²) in [4.78, 5) is 17.5. The minimum atomic E-state index is -0.336. The SMILES string of the molecule is O=C(c1n[nH]c2ccncc12)N(CCO)CCO. The number of carbonyl (C=O) groups is 1. The van der Waals surface area contributed by atoms with E-state index in [1.54, 1.807) is 18.5 Å². The van der Waals surface area contributed by atoms with E-state index < -0.39 is 0 Å². The highest BCUT2D eigenvalue weighted by Crippen LogP contribution is 2.15. The molecule has 2 aromatic heterocycles. The van der Waals surface area contributed by atoms with Gasteiger partial charge < -0.3 is 15.1 Å². The Labute approximate surface area is 103 Å². The van der Waals surface area contributed by atoms with Crippen molar-refractivity contribution in [3.63, 3.8) is 0 Å².